The van der Waals surface area contributed by atoms with E-state index in [0.717, 1.165) is 33.9 Å². The number of hydrogen-bond acceptors (Lipinski definition) is 7. The summed E-state index contributed by atoms with van der Waals surface area (Å²) in [7, 11) is 0. The van der Waals surface area contributed by atoms with Gasteiger partial charge in [0.15, 0.2) is 16.8 Å². The van der Waals surface area contributed by atoms with Gasteiger partial charge in [0.1, 0.15) is 23.4 Å². The number of nitrogens with zero attached hydrogens (tertiary/aromatic N) is 2. The number of phenolic OH excluding ortho intramolecular Hbond substituents is 1. The SMILES string of the molecule is CC1Cc2cc(/C(O)=C3\C(=O)C(=O)N(c4nc5cc(F)c(F)cc5s4)C3c3ccc(O)cc3)ccc2O1. The standard InChI is InChI=1S/C27H18F2N2O5S/c1-12-8-15-9-14(4-7-20(15)36-12)24(33)22-23(13-2-5-16(32)6-3-13)31(26(35)25(22)34)27-30-19-10-17(28)18(29)11-21(19)37-27/h2-7,9-12,23,32-33H,8H2,1H3/b24-22+. The van der Waals surface area contributed by atoms with Gasteiger partial charge in [0, 0.05) is 18.1 Å². The maximum absolute atomic E-state index is 13.8. The van der Waals surface area contributed by atoms with Crippen LogP contribution < -0.4 is 9.64 Å². The van der Waals surface area contributed by atoms with Crippen molar-refractivity contribution < 1.29 is 33.3 Å². The van der Waals surface area contributed by atoms with E-state index >= 15 is 0 Å². The number of aliphatic hydroxyl groups is 1. The van der Waals surface area contributed by atoms with E-state index in [-0.39, 0.29) is 38.5 Å². The van der Waals surface area contributed by atoms with Crippen LogP contribution >= 0.6 is 11.3 Å². The highest BCUT2D eigenvalue weighted by Crippen LogP contribution is 2.45. The lowest BCUT2D eigenvalue weighted by Crippen LogP contribution is -2.29. The molecular formula is C27H18F2N2O5S. The first-order chi connectivity index (χ1) is 17.7. The molecule has 0 radical (unpaired) electrons. The number of carbonyl (C=O) groups is 2. The van der Waals surface area contributed by atoms with E-state index in [1.165, 1.54) is 24.3 Å². The number of ether oxygens (including phenoxy) is 1. The van der Waals surface area contributed by atoms with E-state index in [2.05, 4.69) is 4.98 Å². The second-order valence-electron chi connectivity index (χ2n) is 8.95. The van der Waals surface area contributed by atoms with Crippen LogP contribution in [0.1, 0.15) is 29.7 Å². The largest absolute Gasteiger partial charge is 0.508 e. The van der Waals surface area contributed by atoms with Crippen molar-refractivity contribution in [3.63, 3.8) is 0 Å². The highest BCUT2D eigenvalue weighted by atomic mass is 32.1. The number of Topliss-reactive ketones (excluding diaryl/α,β-unsaturated/α-hetero) is 1. The number of hydrogen-bond donors (Lipinski definition) is 2. The van der Waals surface area contributed by atoms with Gasteiger partial charge in [-0.1, -0.05) is 23.5 Å². The lowest BCUT2D eigenvalue weighted by Gasteiger charge is -2.23. The Balaban J connectivity index is 1.53. The highest BCUT2D eigenvalue weighted by Gasteiger charge is 2.48. The van der Waals surface area contributed by atoms with Gasteiger partial charge in [-0.05, 0) is 54.4 Å². The highest BCUT2D eigenvalue weighted by molar-refractivity contribution is 7.22. The zero-order chi connectivity index (χ0) is 26.0. The van der Waals surface area contributed by atoms with Crippen molar-refractivity contribution in [2.24, 2.45) is 0 Å². The number of aliphatic hydroxyl groups excluding tert-OH is 1. The first kappa shape index (κ1) is 23.1. The Kier molecular flexibility index (Phi) is 5.23. The van der Waals surface area contributed by atoms with E-state index in [1.54, 1.807) is 18.2 Å². The van der Waals surface area contributed by atoms with Crippen molar-refractivity contribution in [3.05, 3.63) is 88.5 Å². The molecule has 6 rings (SSSR count). The first-order valence-corrected chi connectivity index (χ1v) is 12.2. The van der Waals surface area contributed by atoms with Crippen LogP contribution in [0.2, 0.25) is 0 Å². The van der Waals surface area contributed by atoms with Gasteiger partial charge in [0.25, 0.3) is 5.78 Å². The number of fused-ring (bicyclic) bond motifs is 2. The van der Waals surface area contributed by atoms with E-state index < -0.39 is 29.4 Å². The third-order valence-corrected chi connectivity index (χ3v) is 7.47. The van der Waals surface area contributed by atoms with Crippen LogP contribution in [-0.2, 0) is 16.0 Å². The Hall–Kier alpha value is -4.31. The number of thiazole rings is 1. The van der Waals surface area contributed by atoms with Crippen LogP contribution in [-0.4, -0.2) is 33.0 Å². The number of amides is 1. The zero-order valence-corrected chi connectivity index (χ0v) is 20.1. The molecule has 4 aromatic rings. The van der Waals surface area contributed by atoms with E-state index in [9.17, 15) is 28.6 Å². The maximum Gasteiger partial charge on any atom is 0.301 e. The molecule has 0 bridgehead atoms. The molecule has 186 valence electrons. The third kappa shape index (κ3) is 3.72. The van der Waals surface area contributed by atoms with Gasteiger partial charge in [-0.2, -0.15) is 0 Å². The Bertz CT molecular complexity index is 1610. The fourth-order valence-corrected chi connectivity index (χ4v) is 5.74. The molecule has 3 heterocycles. The predicted molar refractivity (Wildman–Crippen MR) is 133 cm³/mol. The Morgan fingerprint density at radius 1 is 1.08 bits per heavy atom. The van der Waals surface area contributed by atoms with Gasteiger partial charge in [0.05, 0.1) is 21.8 Å². The number of phenols is 1. The summed E-state index contributed by atoms with van der Waals surface area (Å²) in [5.41, 5.74) is 1.58. The lowest BCUT2D eigenvalue weighted by atomic mass is 9.94. The summed E-state index contributed by atoms with van der Waals surface area (Å²) in [5.74, 6) is -3.74. The summed E-state index contributed by atoms with van der Waals surface area (Å²) in [4.78, 5) is 32.1. The maximum atomic E-state index is 13.8. The average molecular weight is 521 g/mol. The molecule has 1 aromatic heterocycles. The molecule has 2 aliphatic heterocycles. The molecule has 1 fully saturated rings. The average Bonchev–Trinajstić information content (AvgIpc) is 3.52. The molecule has 0 aliphatic carbocycles. The molecule has 0 spiro atoms. The summed E-state index contributed by atoms with van der Waals surface area (Å²) in [6, 6.07) is 11.7. The number of aromatic hydroxyl groups is 1. The van der Waals surface area contributed by atoms with E-state index in [4.69, 9.17) is 4.74 Å². The van der Waals surface area contributed by atoms with Gasteiger partial charge < -0.3 is 14.9 Å². The van der Waals surface area contributed by atoms with Crippen molar-refractivity contribution in [1.82, 2.24) is 4.98 Å². The Morgan fingerprint density at radius 3 is 2.57 bits per heavy atom. The number of anilines is 1. The van der Waals surface area contributed by atoms with Gasteiger partial charge in [-0.3, -0.25) is 14.5 Å². The van der Waals surface area contributed by atoms with Crippen molar-refractivity contribution in [1.29, 1.82) is 0 Å². The molecular weight excluding hydrogens is 502 g/mol. The number of aromatic nitrogens is 1. The molecule has 1 saturated heterocycles. The van der Waals surface area contributed by atoms with Gasteiger partial charge in [-0.25, -0.2) is 13.8 Å². The van der Waals surface area contributed by atoms with Gasteiger partial charge >= 0.3 is 5.91 Å². The van der Waals surface area contributed by atoms with Gasteiger partial charge in [0.2, 0.25) is 0 Å². The van der Waals surface area contributed by atoms with E-state index in [0.29, 0.717) is 23.3 Å². The zero-order valence-electron chi connectivity index (χ0n) is 19.2. The first-order valence-electron chi connectivity index (χ1n) is 11.4. The predicted octanol–water partition coefficient (Wildman–Crippen LogP) is 5.23. The fraction of sp³-hybridized carbons (Fsp3) is 0.148. The third-order valence-electron chi connectivity index (χ3n) is 6.45. The second-order valence-corrected chi connectivity index (χ2v) is 9.96. The number of carbonyl (C=O) groups excluding carboxylic acids is 2. The van der Waals surface area contributed by atoms with Crippen LogP contribution in [0, 0.1) is 11.6 Å². The molecule has 10 heteroatoms. The van der Waals surface area contributed by atoms with Crippen molar-refractivity contribution >= 4 is 44.1 Å². The lowest BCUT2D eigenvalue weighted by molar-refractivity contribution is -0.132. The number of halogens is 2. The fourth-order valence-electron chi connectivity index (χ4n) is 4.74. The van der Waals surface area contributed by atoms with Crippen LogP contribution in [0.25, 0.3) is 16.0 Å². The number of ketones is 1. The summed E-state index contributed by atoms with van der Waals surface area (Å²) < 4.78 is 33.6. The molecule has 2 N–H and O–H groups in total. The normalized spacial score (nSPS) is 20.5. The van der Waals surface area contributed by atoms with Crippen LogP contribution in [0.3, 0.4) is 0 Å². The minimum Gasteiger partial charge on any atom is -0.508 e. The molecule has 2 aliphatic rings. The summed E-state index contributed by atoms with van der Waals surface area (Å²) in [5, 5.41) is 21.2. The molecule has 3 aromatic carbocycles. The summed E-state index contributed by atoms with van der Waals surface area (Å²) >= 11 is 0.916. The minimum atomic E-state index is -1.10. The molecule has 1 amide bonds. The quantitative estimate of drug-likeness (QED) is 0.218. The molecule has 0 saturated carbocycles. The summed E-state index contributed by atoms with van der Waals surface area (Å²) in [6.07, 6.45) is 0.606. The van der Waals surface area contributed by atoms with Crippen LogP contribution in [0.15, 0.2) is 60.2 Å². The number of benzene rings is 3. The Labute approximate surface area is 212 Å². The second kappa shape index (κ2) is 8.38. The molecule has 2 unspecified atom stereocenters. The van der Waals surface area contributed by atoms with Crippen LogP contribution in [0.5, 0.6) is 11.5 Å². The smallest absolute Gasteiger partial charge is 0.301 e. The molecule has 2 atom stereocenters. The topological polar surface area (TPSA) is 100.0 Å². The molecule has 7 nitrogen and oxygen atoms in total. The minimum absolute atomic E-state index is 0.0244. The summed E-state index contributed by atoms with van der Waals surface area (Å²) in [6.45, 7) is 1.92. The Morgan fingerprint density at radius 2 is 1.81 bits per heavy atom. The monoisotopic (exact) mass is 520 g/mol. The van der Waals surface area contributed by atoms with Crippen LogP contribution in [0.4, 0.5) is 13.9 Å². The number of rotatable bonds is 3. The van der Waals surface area contributed by atoms with Crippen molar-refractivity contribution in [2.75, 3.05) is 4.90 Å². The van der Waals surface area contributed by atoms with Crippen molar-refractivity contribution in [3.8, 4) is 11.5 Å². The molecule has 37 heavy (non-hydrogen) atoms. The van der Waals surface area contributed by atoms with Crippen molar-refractivity contribution in [2.45, 2.75) is 25.5 Å². The van der Waals surface area contributed by atoms with Gasteiger partial charge in [-0.15, -0.1) is 0 Å². The van der Waals surface area contributed by atoms with E-state index in [1.807, 2.05) is 6.92 Å².